The Morgan fingerprint density at radius 3 is 2.48 bits per heavy atom. The third-order valence-corrected chi connectivity index (χ3v) is 3.88. The van der Waals surface area contributed by atoms with Crippen LogP contribution in [0.3, 0.4) is 0 Å². The molecule has 128 valence electrons. The van der Waals surface area contributed by atoms with Crippen LogP contribution in [0, 0.1) is 0 Å². The molecule has 0 radical (unpaired) electrons. The highest BCUT2D eigenvalue weighted by molar-refractivity contribution is 6.05. The second kappa shape index (κ2) is 7.13. The minimum Gasteiger partial charge on any atom is -0.507 e. The molecular formula is C20H19NO4. The lowest BCUT2D eigenvalue weighted by Gasteiger charge is -2.16. The third-order valence-electron chi connectivity index (χ3n) is 3.88. The molecule has 0 aliphatic heterocycles. The standard InChI is InChI=1S/C20H19NO4/c1-13(25-15-7-3-6-14(12-15)24-2)20(23)21-18-10-4-9-17-16(18)8-5-11-19(17)22/h3-13,22H,1-2H3,(H,21,23). The van der Waals surface area contributed by atoms with Gasteiger partial charge in [0.05, 0.1) is 7.11 Å². The molecule has 5 nitrogen and oxygen atoms in total. The van der Waals surface area contributed by atoms with Gasteiger partial charge in [0.1, 0.15) is 17.2 Å². The molecule has 0 heterocycles. The van der Waals surface area contributed by atoms with Crippen LogP contribution in [0.4, 0.5) is 5.69 Å². The average molecular weight is 337 g/mol. The van der Waals surface area contributed by atoms with E-state index in [1.165, 1.54) is 0 Å². The summed E-state index contributed by atoms with van der Waals surface area (Å²) in [5, 5.41) is 14.2. The van der Waals surface area contributed by atoms with Crippen LogP contribution in [0.1, 0.15) is 6.92 Å². The molecule has 0 aliphatic rings. The molecule has 0 aromatic heterocycles. The van der Waals surface area contributed by atoms with Gasteiger partial charge in [0, 0.05) is 22.5 Å². The Hall–Kier alpha value is -3.21. The fourth-order valence-corrected chi connectivity index (χ4v) is 2.57. The Labute approximate surface area is 145 Å². The number of rotatable bonds is 5. The molecule has 5 heteroatoms. The van der Waals surface area contributed by atoms with Crippen LogP contribution in [0.2, 0.25) is 0 Å². The van der Waals surface area contributed by atoms with Crippen LogP contribution in [0.15, 0.2) is 60.7 Å². The van der Waals surface area contributed by atoms with E-state index in [9.17, 15) is 9.90 Å². The Kier molecular flexibility index (Phi) is 4.75. The summed E-state index contributed by atoms with van der Waals surface area (Å²) >= 11 is 0. The molecule has 3 aromatic carbocycles. The van der Waals surface area contributed by atoms with Crippen molar-refractivity contribution in [3.05, 3.63) is 60.7 Å². The maximum Gasteiger partial charge on any atom is 0.265 e. The summed E-state index contributed by atoms with van der Waals surface area (Å²) in [6.07, 6.45) is -0.695. The van der Waals surface area contributed by atoms with E-state index in [-0.39, 0.29) is 11.7 Å². The number of ether oxygens (including phenoxy) is 2. The van der Waals surface area contributed by atoms with E-state index < -0.39 is 6.10 Å². The molecule has 2 N–H and O–H groups in total. The van der Waals surface area contributed by atoms with Crippen LogP contribution in [0.5, 0.6) is 17.2 Å². The highest BCUT2D eigenvalue weighted by Crippen LogP contribution is 2.30. The summed E-state index contributed by atoms with van der Waals surface area (Å²) in [4.78, 5) is 12.5. The lowest BCUT2D eigenvalue weighted by molar-refractivity contribution is -0.122. The number of nitrogens with one attached hydrogen (secondary N) is 1. The fourth-order valence-electron chi connectivity index (χ4n) is 2.57. The summed E-state index contributed by atoms with van der Waals surface area (Å²) in [7, 11) is 1.57. The second-order valence-electron chi connectivity index (χ2n) is 5.61. The van der Waals surface area contributed by atoms with Gasteiger partial charge in [0.2, 0.25) is 0 Å². The van der Waals surface area contributed by atoms with Crippen molar-refractivity contribution < 1.29 is 19.4 Å². The molecule has 3 rings (SSSR count). The smallest absolute Gasteiger partial charge is 0.265 e. The number of benzene rings is 3. The normalized spacial score (nSPS) is 11.8. The van der Waals surface area contributed by atoms with E-state index in [1.807, 2.05) is 6.07 Å². The zero-order chi connectivity index (χ0) is 17.8. The van der Waals surface area contributed by atoms with Crippen molar-refractivity contribution in [3.63, 3.8) is 0 Å². The van der Waals surface area contributed by atoms with Crippen molar-refractivity contribution in [2.75, 3.05) is 12.4 Å². The van der Waals surface area contributed by atoms with E-state index in [0.29, 0.717) is 22.6 Å². The van der Waals surface area contributed by atoms with Gasteiger partial charge in [-0.25, -0.2) is 0 Å². The van der Waals surface area contributed by atoms with E-state index in [2.05, 4.69) is 5.32 Å². The Morgan fingerprint density at radius 1 is 1.00 bits per heavy atom. The van der Waals surface area contributed by atoms with Crippen molar-refractivity contribution in [2.24, 2.45) is 0 Å². The number of carbonyl (C=O) groups is 1. The number of fused-ring (bicyclic) bond motifs is 1. The quantitative estimate of drug-likeness (QED) is 0.739. The Balaban J connectivity index is 1.77. The number of hydrogen-bond donors (Lipinski definition) is 2. The van der Waals surface area contributed by atoms with Gasteiger partial charge in [-0.05, 0) is 31.2 Å². The Bertz CT molecular complexity index is 907. The first kappa shape index (κ1) is 16.6. The van der Waals surface area contributed by atoms with Crippen LogP contribution in [-0.4, -0.2) is 24.2 Å². The van der Waals surface area contributed by atoms with E-state index >= 15 is 0 Å². The molecule has 0 saturated carbocycles. The van der Waals surface area contributed by atoms with Crippen LogP contribution in [-0.2, 0) is 4.79 Å². The second-order valence-corrected chi connectivity index (χ2v) is 5.61. The molecule has 0 spiro atoms. The topological polar surface area (TPSA) is 67.8 Å². The van der Waals surface area contributed by atoms with Gasteiger partial charge in [-0.3, -0.25) is 4.79 Å². The molecule has 3 aromatic rings. The van der Waals surface area contributed by atoms with Crippen molar-refractivity contribution in [1.82, 2.24) is 0 Å². The lowest BCUT2D eigenvalue weighted by Crippen LogP contribution is -2.30. The molecule has 1 unspecified atom stereocenters. The molecule has 25 heavy (non-hydrogen) atoms. The molecule has 1 atom stereocenters. The molecule has 0 bridgehead atoms. The van der Waals surface area contributed by atoms with E-state index in [4.69, 9.17) is 9.47 Å². The van der Waals surface area contributed by atoms with Gasteiger partial charge in [0.25, 0.3) is 5.91 Å². The predicted molar refractivity (Wildman–Crippen MR) is 97.3 cm³/mol. The summed E-state index contributed by atoms with van der Waals surface area (Å²) in [6, 6.07) is 17.7. The van der Waals surface area contributed by atoms with E-state index in [1.54, 1.807) is 68.6 Å². The first-order chi connectivity index (χ1) is 12.1. The largest absolute Gasteiger partial charge is 0.507 e. The maximum atomic E-state index is 12.5. The van der Waals surface area contributed by atoms with Crippen molar-refractivity contribution in [2.45, 2.75) is 13.0 Å². The number of hydrogen-bond acceptors (Lipinski definition) is 4. The average Bonchev–Trinajstić information content (AvgIpc) is 2.62. The third kappa shape index (κ3) is 3.66. The van der Waals surface area contributed by atoms with Gasteiger partial charge in [-0.15, -0.1) is 0 Å². The van der Waals surface area contributed by atoms with Gasteiger partial charge >= 0.3 is 0 Å². The predicted octanol–water partition coefficient (Wildman–Crippen LogP) is 3.96. The zero-order valence-corrected chi connectivity index (χ0v) is 14.0. The van der Waals surface area contributed by atoms with Crippen molar-refractivity contribution >= 4 is 22.4 Å². The number of phenolic OH excluding ortho intramolecular Hbond substituents is 1. The summed E-state index contributed by atoms with van der Waals surface area (Å²) in [5.74, 6) is 1.11. The monoisotopic (exact) mass is 337 g/mol. The maximum absolute atomic E-state index is 12.5. The van der Waals surface area contributed by atoms with Gasteiger partial charge < -0.3 is 19.9 Å². The number of carbonyl (C=O) groups excluding carboxylic acids is 1. The number of phenols is 1. The molecular weight excluding hydrogens is 318 g/mol. The molecule has 0 aliphatic carbocycles. The minimum atomic E-state index is -0.695. The minimum absolute atomic E-state index is 0.175. The molecule has 0 fully saturated rings. The highest BCUT2D eigenvalue weighted by Gasteiger charge is 2.16. The molecule has 1 amide bonds. The number of methoxy groups -OCH3 is 1. The first-order valence-electron chi connectivity index (χ1n) is 7.91. The summed E-state index contributed by atoms with van der Waals surface area (Å²) < 4.78 is 10.8. The Morgan fingerprint density at radius 2 is 1.68 bits per heavy atom. The number of anilines is 1. The summed E-state index contributed by atoms with van der Waals surface area (Å²) in [5.41, 5.74) is 0.625. The van der Waals surface area contributed by atoms with Crippen LogP contribution >= 0.6 is 0 Å². The lowest BCUT2D eigenvalue weighted by atomic mass is 10.1. The zero-order valence-electron chi connectivity index (χ0n) is 14.0. The van der Waals surface area contributed by atoms with Gasteiger partial charge in [0.15, 0.2) is 6.10 Å². The van der Waals surface area contributed by atoms with E-state index in [0.717, 1.165) is 5.39 Å². The molecule has 0 saturated heterocycles. The van der Waals surface area contributed by atoms with Gasteiger partial charge in [-0.1, -0.05) is 30.3 Å². The fraction of sp³-hybridized carbons (Fsp3) is 0.150. The number of amides is 1. The van der Waals surface area contributed by atoms with Crippen LogP contribution < -0.4 is 14.8 Å². The first-order valence-corrected chi connectivity index (χ1v) is 7.91. The SMILES string of the molecule is COc1cccc(OC(C)C(=O)Nc2cccc3c(O)cccc23)c1. The van der Waals surface area contributed by atoms with Crippen LogP contribution in [0.25, 0.3) is 10.8 Å². The highest BCUT2D eigenvalue weighted by atomic mass is 16.5. The van der Waals surface area contributed by atoms with Gasteiger partial charge in [-0.2, -0.15) is 0 Å². The number of aromatic hydroxyl groups is 1. The summed E-state index contributed by atoms with van der Waals surface area (Å²) in [6.45, 7) is 1.68. The van der Waals surface area contributed by atoms with Crippen molar-refractivity contribution in [3.8, 4) is 17.2 Å². The van der Waals surface area contributed by atoms with Crippen molar-refractivity contribution in [1.29, 1.82) is 0 Å².